The highest BCUT2D eigenvalue weighted by molar-refractivity contribution is 5.88. The van der Waals surface area contributed by atoms with Gasteiger partial charge in [-0.2, -0.15) is 0 Å². The molecule has 0 fully saturated rings. The number of rotatable bonds is 7. The minimum absolute atomic E-state index is 0.600. The van der Waals surface area contributed by atoms with Crippen LogP contribution in [0.25, 0.3) is 123 Å². The zero-order valence-electron chi connectivity index (χ0n) is 34.2. The molecule has 0 aliphatic heterocycles. The lowest BCUT2D eigenvalue weighted by molar-refractivity contribution is 1.17. The van der Waals surface area contributed by atoms with Gasteiger partial charge in [-0.1, -0.05) is 121 Å². The Morgan fingerprint density at radius 3 is 0.828 bits per heavy atom. The van der Waals surface area contributed by atoms with Gasteiger partial charge in [-0.3, -0.25) is 19.9 Å². The fraction of sp³-hybridized carbons (Fsp3) is 0. The van der Waals surface area contributed by atoms with Crippen LogP contribution < -0.4 is 0 Å². The third-order valence-corrected chi connectivity index (χ3v) is 11.6. The van der Waals surface area contributed by atoms with Gasteiger partial charge >= 0.3 is 0 Å². The molecule has 0 saturated heterocycles. The van der Waals surface area contributed by atoms with Crippen molar-refractivity contribution in [2.24, 2.45) is 0 Å². The minimum atomic E-state index is 0.600. The highest BCUT2D eigenvalue weighted by atomic mass is 14.9. The van der Waals surface area contributed by atoms with Crippen LogP contribution in [0.5, 0.6) is 0 Å². The first-order chi connectivity index (χ1) is 31.6. The molecule has 0 spiro atoms. The number of para-hydroxylation sites is 4. The first kappa shape index (κ1) is 36.9. The quantitative estimate of drug-likeness (QED) is 0.157. The Kier molecular flexibility index (Phi) is 8.97. The Hall–Kier alpha value is -8.88. The zero-order chi connectivity index (χ0) is 42.4. The van der Waals surface area contributed by atoms with E-state index in [-0.39, 0.29) is 0 Å². The monoisotopic (exact) mass is 818 g/mol. The van der Waals surface area contributed by atoms with Crippen LogP contribution in [-0.4, -0.2) is 39.9 Å². The van der Waals surface area contributed by atoms with Crippen LogP contribution in [0.4, 0.5) is 0 Å². The summed E-state index contributed by atoms with van der Waals surface area (Å²) < 4.78 is 0. The number of hydrogen-bond acceptors (Lipinski definition) is 8. The zero-order valence-corrected chi connectivity index (χ0v) is 34.2. The second kappa shape index (κ2) is 15.5. The van der Waals surface area contributed by atoms with E-state index < -0.39 is 0 Å². The van der Waals surface area contributed by atoms with Crippen LogP contribution in [0, 0.1) is 0 Å². The van der Waals surface area contributed by atoms with Crippen molar-refractivity contribution in [3.05, 3.63) is 207 Å². The second-order valence-electron chi connectivity index (χ2n) is 15.7. The molecular formula is C56H34N8. The number of pyridine rings is 4. The maximum Gasteiger partial charge on any atom is 0.161 e. The van der Waals surface area contributed by atoms with Crippen LogP contribution >= 0.6 is 0 Å². The molecule has 0 aliphatic rings. The molecule has 8 heteroatoms. The molecule has 6 aromatic heterocycles. The number of nitrogens with zero attached hydrogens (tertiary/aromatic N) is 8. The third-order valence-electron chi connectivity index (χ3n) is 11.6. The molecule has 12 rings (SSSR count). The Morgan fingerprint density at radius 2 is 0.484 bits per heavy atom. The van der Waals surface area contributed by atoms with Gasteiger partial charge in [0, 0.05) is 79.7 Å². The lowest BCUT2D eigenvalue weighted by Crippen LogP contribution is -1.97. The molecule has 0 radical (unpaired) electrons. The second-order valence-corrected chi connectivity index (χ2v) is 15.7. The summed E-state index contributed by atoms with van der Waals surface area (Å²) >= 11 is 0. The Bertz CT molecular complexity index is 3290. The van der Waals surface area contributed by atoms with Crippen molar-refractivity contribution in [2.45, 2.75) is 0 Å². The summed E-state index contributed by atoms with van der Waals surface area (Å²) in [5.74, 6) is 1.20. The molecule has 0 aliphatic carbocycles. The number of hydrogen-bond donors (Lipinski definition) is 0. The molecule has 64 heavy (non-hydrogen) atoms. The molecule has 6 aromatic carbocycles. The Labute approximate surface area is 367 Å². The number of benzene rings is 6. The van der Waals surface area contributed by atoms with E-state index in [1.807, 2.05) is 110 Å². The molecule has 12 aromatic rings. The predicted octanol–water partition coefficient (Wildman–Crippen LogP) is 13.1. The van der Waals surface area contributed by atoms with E-state index in [1.54, 1.807) is 0 Å². The maximum absolute atomic E-state index is 5.11. The summed E-state index contributed by atoms with van der Waals surface area (Å²) in [7, 11) is 0. The van der Waals surface area contributed by atoms with Crippen LogP contribution in [0.1, 0.15) is 0 Å². The lowest BCUT2D eigenvalue weighted by atomic mass is 9.99. The van der Waals surface area contributed by atoms with E-state index in [4.69, 9.17) is 39.9 Å². The molecule has 0 atom stereocenters. The predicted molar refractivity (Wildman–Crippen MR) is 257 cm³/mol. The van der Waals surface area contributed by atoms with Gasteiger partial charge in [-0.25, -0.2) is 19.9 Å². The van der Waals surface area contributed by atoms with Crippen molar-refractivity contribution in [1.29, 1.82) is 0 Å². The summed E-state index contributed by atoms with van der Waals surface area (Å²) in [6.45, 7) is 0. The Morgan fingerprint density at radius 1 is 0.219 bits per heavy atom. The van der Waals surface area contributed by atoms with Gasteiger partial charge in [0.1, 0.15) is 0 Å². The minimum Gasteiger partial charge on any atom is -0.256 e. The summed E-state index contributed by atoms with van der Waals surface area (Å²) in [5, 5.41) is 4.16. The van der Waals surface area contributed by atoms with E-state index >= 15 is 0 Å². The van der Waals surface area contributed by atoms with Crippen LogP contribution in [0.3, 0.4) is 0 Å². The smallest absolute Gasteiger partial charge is 0.161 e. The van der Waals surface area contributed by atoms with Gasteiger partial charge in [0.25, 0.3) is 0 Å². The fourth-order valence-electron chi connectivity index (χ4n) is 8.22. The van der Waals surface area contributed by atoms with Crippen LogP contribution in [0.15, 0.2) is 207 Å². The van der Waals surface area contributed by atoms with Gasteiger partial charge in [0.15, 0.2) is 11.6 Å². The van der Waals surface area contributed by atoms with E-state index in [2.05, 4.69) is 97.1 Å². The lowest BCUT2D eigenvalue weighted by Gasteiger charge is -2.12. The first-order valence-electron chi connectivity index (χ1n) is 21.0. The molecule has 0 N–H and O–H groups in total. The van der Waals surface area contributed by atoms with E-state index in [0.717, 1.165) is 111 Å². The van der Waals surface area contributed by atoms with E-state index in [1.165, 1.54) is 0 Å². The molecule has 0 saturated carbocycles. The van der Waals surface area contributed by atoms with Gasteiger partial charge in [-0.15, -0.1) is 0 Å². The van der Waals surface area contributed by atoms with Crippen molar-refractivity contribution >= 4 is 43.6 Å². The van der Waals surface area contributed by atoms with Gasteiger partial charge in [-0.05, 0) is 71.8 Å². The maximum atomic E-state index is 5.11. The summed E-state index contributed by atoms with van der Waals surface area (Å²) in [5.41, 5.74) is 14.5. The van der Waals surface area contributed by atoms with Crippen LogP contribution in [-0.2, 0) is 0 Å². The summed E-state index contributed by atoms with van der Waals surface area (Å²) in [6, 6.07) is 62.0. The standard InChI is InChI=1S/C56H34N8/c1-5-13-47-39(9-1)25-43(31-57-47)53-29-51(61-55(63-53)45-27-41-11-3-7-15-49(41)59-33-45)37-21-17-35(18-22-37)36-19-23-38(24-20-36)52-30-54(44-26-40-10-2-6-14-48(40)58-32-44)64-56(62-52)46-28-42-12-4-8-16-50(42)60-34-46/h1-34H. The number of fused-ring (bicyclic) bond motifs is 4. The van der Waals surface area contributed by atoms with Gasteiger partial charge < -0.3 is 0 Å². The van der Waals surface area contributed by atoms with Crippen molar-refractivity contribution < 1.29 is 0 Å². The SMILES string of the molecule is c1ccc2ncc(-c3cc(-c4ccc(-c5ccc(-c6cc(-c7cnc8ccccc8c7)nc(-c7cnc8ccccc8c7)n6)cc5)cc4)nc(-c4cnc5ccccc5c4)n3)cc2c1. The fourth-order valence-corrected chi connectivity index (χ4v) is 8.22. The normalized spacial score (nSPS) is 11.4. The van der Waals surface area contributed by atoms with Crippen molar-refractivity contribution in [1.82, 2.24) is 39.9 Å². The summed E-state index contributed by atoms with van der Waals surface area (Å²) in [4.78, 5) is 39.3. The average molecular weight is 819 g/mol. The van der Waals surface area contributed by atoms with Crippen molar-refractivity contribution in [3.63, 3.8) is 0 Å². The molecule has 6 heterocycles. The van der Waals surface area contributed by atoms with Crippen molar-refractivity contribution in [2.75, 3.05) is 0 Å². The highest BCUT2D eigenvalue weighted by Crippen LogP contribution is 2.34. The van der Waals surface area contributed by atoms with E-state index in [0.29, 0.717) is 11.6 Å². The molecule has 0 bridgehead atoms. The highest BCUT2D eigenvalue weighted by Gasteiger charge is 2.15. The molecule has 0 unspecified atom stereocenters. The summed E-state index contributed by atoms with van der Waals surface area (Å²) in [6.07, 6.45) is 7.46. The largest absolute Gasteiger partial charge is 0.256 e. The van der Waals surface area contributed by atoms with Crippen LogP contribution in [0.2, 0.25) is 0 Å². The van der Waals surface area contributed by atoms with E-state index in [9.17, 15) is 0 Å². The Balaban J connectivity index is 0.894. The molecule has 0 amide bonds. The molecular weight excluding hydrogens is 785 g/mol. The number of aromatic nitrogens is 8. The average Bonchev–Trinajstić information content (AvgIpc) is 3.38. The molecule has 8 nitrogen and oxygen atoms in total. The van der Waals surface area contributed by atoms with Gasteiger partial charge in [0.05, 0.1) is 44.8 Å². The van der Waals surface area contributed by atoms with Gasteiger partial charge in [0.2, 0.25) is 0 Å². The third kappa shape index (κ3) is 7.04. The topological polar surface area (TPSA) is 103 Å². The first-order valence-corrected chi connectivity index (χ1v) is 21.0. The molecule has 298 valence electrons. The van der Waals surface area contributed by atoms with Crippen molar-refractivity contribution in [3.8, 4) is 78.9 Å².